The van der Waals surface area contributed by atoms with Crippen molar-refractivity contribution in [2.75, 3.05) is 53.0 Å². The monoisotopic (exact) mass is 399 g/mol. The fourth-order valence-corrected chi connectivity index (χ4v) is 5.95. The van der Waals surface area contributed by atoms with Crippen molar-refractivity contribution in [2.24, 2.45) is 10.8 Å². The Morgan fingerprint density at radius 1 is 1.10 bits per heavy atom. The molecule has 0 bridgehead atoms. The number of ether oxygens (including phenoxy) is 1. The Hall–Kier alpha value is -1.92. The number of hydrogen-bond acceptors (Lipinski definition) is 4. The molecule has 3 aliphatic heterocycles. The van der Waals surface area contributed by atoms with Crippen LogP contribution in [-0.2, 0) is 9.53 Å². The molecule has 1 atom stereocenters. The number of rotatable bonds is 4. The molecule has 1 aromatic rings. The van der Waals surface area contributed by atoms with Crippen LogP contribution in [0.1, 0.15) is 40.7 Å². The van der Waals surface area contributed by atoms with E-state index < -0.39 is 0 Å². The zero-order valence-electron chi connectivity index (χ0n) is 17.9. The number of nitrogens with zero attached hydrogens (tertiary/aromatic N) is 2. The van der Waals surface area contributed by atoms with E-state index in [1.807, 2.05) is 30.9 Å². The molecule has 0 radical (unpaired) electrons. The van der Waals surface area contributed by atoms with Gasteiger partial charge in [0.15, 0.2) is 0 Å². The standard InChI is InChI=1S/C23H33N3O3/c1-17-12-18(2)14-19(13-17)20(27)26-8-5-22(6-9-26)15-25(10-11-29-3)16-23(22)4-7-24-21(23)28/h12-14H,4-11,15-16H2,1-3H3,(H,24,28)/t23-/m1/s1. The van der Waals surface area contributed by atoms with E-state index >= 15 is 0 Å². The van der Waals surface area contributed by atoms with Gasteiger partial charge in [-0.3, -0.25) is 14.5 Å². The Balaban J connectivity index is 1.51. The van der Waals surface area contributed by atoms with Crippen molar-refractivity contribution in [3.63, 3.8) is 0 Å². The minimum absolute atomic E-state index is 0.0410. The molecule has 158 valence electrons. The molecular formula is C23H33N3O3. The second kappa shape index (κ2) is 7.73. The highest BCUT2D eigenvalue weighted by Gasteiger charge is 2.63. The summed E-state index contributed by atoms with van der Waals surface area (Å²) in [4.78, 5) is 30.4. The van der Waals surface area contributed by atoms with E-state index in [-0.39, 0.29) is 22.6 Å². The van der Waals surface area contributed by atoms with Crippen LogP contribution in [0.4, 0.5) is 0 Å². The fraction of sp³-hybridized carbons (Fsp3) is 0.652. The van der Waals surface area contributed by atoms with Gasteiger partial charge in [0.1, 0.15) is 0 Å². The average molecular weight is 400 g/mol. The van der Waals surface area contributed by atoms with Crippen molar-refractivity contribution in [2.45, 2.75) is 33.1 Å². The summed E-state index contributed by atoms with van der Waals surface area (Å²) in [7, 11) is 1.72. The highest BCUT2D eigenvalue weighted by atomic mass is 16.5. The van der Waals surface area contributed by atoms with Crippen molar-refractivity contribution in [3.8, 4) is 0 Å². The van der Waals surface area contributed by atoms with Gasteiger partial charge in [-0.15, -0.1) is 0 Å². The second-order valence-corrected chi connectivity index (χ2v) is 9.24. The number of methoxy groups -OCH3 is 1. The molecule has 3 saturated heterocycles. The van der Waals surface area contributed by atoms with Gasteiger partial charge in [-0.25, -0.2) is 0 Å². The first kappa shape index (κ1) is 20.4. The number of carbonyl (C=O) groups excluding carboxylic acids is 2. The normalized spacial score (nSPS) is 26.4. The van der Waals surface area contributed by atoms with E-state index in [1.54, 1.807) is 7.11 Å². The van der Waals surface area contributed by atoms with E-state index in [4.69, 9.17) is 4.74 Å². The van der Waals surface area contributed by atoms with E-state index in [0.29, 0.717) is 6.61 Å². The quantitative estimate of drug-likeness (QED) is 0.841. The van der Waals surface area contributed by atoms with Gasteiger partial charge in [0, 0.05) is 57.4 Å². The topological polar surface area (TPSA) is 61.9 Å². The molecule has 6 heteroatoms. The average Bonchev–Trinajstić information content (AvgIpc) is 3.21. The lowest BCUT2D eigenvalue weighted by Gasteiger charge is -2.46. The van der Waals surface area contributed by atoms with Crippen LogP contribution in [0.5, 0.6) is 0 Å². The zero-order chi connectivity index (χ0) is 20.6. The summed E-state index contributed by atoms with van der Waals surface area (Å²) in [5.74, 6) is 0.331. The predicted molar refractivity (Wildman–Crippen MR) is 112 cm³/mol. The molecule has 2 spiro atoms. The van der Waals surface area contributed by atoms with Gasteiger partial charge in [0.05, 0.1) is 12.0 Å². The Morgan fingerprint density at radius 3 is 2.38 bits per heavy atom. The van der Waals surface area contributed by atoms with Crippen LogP contribution in [0.2, 0.25) is 0 Å². The maximum atomic E-state index is 13.1. The molecule has 1 N–H and O–H groups in total. The molecule has 0 saturated carbocycles. The molecule has 1 aromatic carbocycles. The number of nitrogens with one attached hydrogen (secondary N) is 1. The second-order valence-electron chi connectivity index (χ2n) is 9.24. The van der Waals surface area contributed by atoms with Crippen molar-refractivity contribution < 1.29 is 14.3 Å². The van der Waals surface area contributed by atoms with Crippen molar-refractivity contribution in [3.05, 3.63) is 34.9 Å². The Bertz CT molecular complexity index is 780. The lowest BCUT2D eigenvalue weighted by atomic mass is 9.60. The summed E-state index contributed by atoms with van der Waals surface area (Å²) in [6.07, 6.45) is 2.68. The van der Waals surface area contributed by atoms with Crippen molar-refractivity contribution >= 4 is 11.8 Å². The summed E-state index contributed by atoms with van der Waals surface area (Å²) in [6.45, 7) is 9.56. The van der Waals surface area contributed by atoms with Crippen LogP contribution >= 0.6 is 0 Å². The van der Waals surface area contributed by atoms with Crippen LogP contribution in [0.3, 0.4) is 0 Å². The van der Waals surface area contributed by atoms with Gasteiger partial charge >= 0.3 is 0 Å². The lowest BCUT2D eigenvalue weighted by molar-refractivity contribution is -0.133. The maximum absolute atomic E-state index is 13.1. The zero-order valence-corrected chi connectivity index (χ0v) is 17.9. The smallest absolute Gasteiger partial charge is 0.253 e. The molecule has 3 fully saturated rings. The molecule has 2 amide bonds. The third kappa shape index (κ3) is 3.46. The molecule has 29 heavy (non-hydrogen) atoms. The van der Waals surface area contributed by atoms with E-state index in [9.17, 15) is 9.59 Å². The molecule has 3 heterocycles. The SMILES string of the molecule is COCCN1CC2(CCN(C(=O)c3cc(C)cc(C)c3)CC2)[C@]2(CCNC2=O)C1. The van der Waals surface area contributed by atoms with Gasteiger partial charge in [0.2, 0.25) is 5.91 Å². The first-order valence-corrected chi connectivity index (χ1v) is 10.8. The van der Waals surface area contributed by atoms with Crippen molar-refractivity contribution in [1.29, 1.82) is 0 Å². The highest BCUT2D eigenvalue weighted by molar-refractivity contribution is 5.94. The Kier molecular flexibility index (Phi) is 5.42. The Morgan fingerprint density at radius 2 is 1.79 bits per heavy atom. The predicted octanol–water partition coefficient (Wildman–Crippen LogP) is 1.99. The maximum Gasteiger partial charge on any atom is 0.253 e. The van der Waals surface area contributed by atoms with Crippen LogP contribution in [-0.4, -0.2) is 74.6 Å². The summed E-state index contributed by atoms with van der Waals surface area (Å²) in [5.41, 5.74) is 2.66. The first-order valence-electron chi connectivity index (χ1n) is 10.8. The summed E-state index contributed by atoms with van der Waals surface area (Å²) in [5, 5.41) is 3.10. The van der Waals surface area contributed by atoms with Gasteiger partial charge in [-0.2, -0.15) is 0 Å². The molecule has 0 unspecified atom stereocenters. The van der Waals surface area contributed by atoms with Crippen LogP contribution in [0.25, 0.3) is 0 Å². The number of benzene rings is 1. The molecular weight excluding hydrogens is 366 g/mol. The van der Waals surface area contributed by atoms with Crippen LogP contribution < -0.4 is 5.32 Å². The first-order chi connectivity index (χ1) is 13.9. The van der Waals surface area contributed by atoms with Gasteiger partial charge in [-0.05, 0) is 45.2 Å². The van der Waals surface area contributed by atoms with E-state index in [2.05, 4.69) is 16.3 Å². The van der Waals surface area contributed by atoms with Crippen LogP contribution in [0, 0.1) is 24.7 Å². The summed E-state index contributed by atoms with van der Waals surface area (Å²) in [6, 6.07) is 6.05. The number of carbonyl (C=O) groups is 2. The van der Waals surface area contributed by atoms with Gasteiger partial charge < -0.3 is 15.0 Å². The largest absolute Gasteiger partial charge is 0.383 e. The van der Waals surface area contributed by atoms with Crippen LogP contribution in [0.15, 0.2) is 18.2 Å². The molecule has 6 nitrogen and oxygen atoms in total. The molecule has 0 aliphatic carbocycles. The summed E-state index contributed by atoms with van der Waals surface area (Å²) < 4.78 is 5.28. The number of aryl methyl sites for hydroxylation is 2. The number of hydrogen-bond donors (Lipinski definition) is 1. The number of fused-ring (bicyclic) bond motifs is 1. The lowest BCUT2D eigenvalue weighted by Crippen LogP contribution is -2.53. The third-order valence-electron chi connectivity index (χ3n) is 7.39. The third-order valence-corrected chi connectivity index (χ3v) is 7.39. The van der Waals surface area contributed by atoms with Crippen molar-refractivity contribution in [1.82, 2.24) is 15.1 Å². The van der Waals surface area contributed by atoms with E-state index in [1.165, 1.54) is 0 Å². The fourth-order valence-electron chi connectivity index (χ4n) is 5.95. The number of piperidine rings is 1. The number of amides is 2. The minimum Gasteiger partial charge on any atom is -0.383 e. The number of likely N-dealkylation sites (tertiary alicyclic amines) is 2. The Labute approximate surface area is 173 Å². The molecule has 3 aliphatic rings. The molecule has 4 rings (SSSR count). The minimum atomic E-state index is -0.310. The molecule has 0 aromatic heterocycles. The van der Waals surface area contributed by atoms with Gasteiger partial charge in [0.25, 0.3) is 5.91 Å². The van der Waals surface area contributed by atoms with Gasteiger partial charge in [-0.1, -0.05) is 17.2 Å². The highest BCUT2D eigenvalue weighted by Crippen LogP contribution is 2.56. The summed E-state index contributed by atoms with van der Waals surface area (Å²) >= 11 is 0. The van der Waals surface area contributed by atoms with E-state index in [0.717, 1.165) is 75.2 Å².